The van der Waals surface area contributed by atoms with Crippen molar-refractivity contribution in [3.05, 3.63) is 22.2 Å². The minimum absolute atomic E-state index is 0.0858. The van der Waals surface area contributed by atoms with Gasteiger partial charge in [0.1, 0.15) is 10.2 Å². The zero-order valence-corrected chi connectivity index (χ0v) is 12.0. The first-order valence-electron chi connectivity index (χ1n) is 6.68. The Morgan fingerprint density at radius 2 is 2.30 bits per heavy atom. The van der Waals surface area contributed by atoms with Gasteiger partial charge in [-0.05, 0) is 32.3 Å². The SMILES string of the molecule is CC1CCCCN1c1ccc([N+](=O)[O-])c2sc(N)nc12. The second kappa shape index (κ2) is 4.90. The van der Waals surface area contributed by atoms with Gasteiger partial charge in [0.25, 0.3) is 5.69 Å². The summed E-state index contributed by atoms with van der Waals surface area (Å²) in [5, 5.41) is 11.5. The van der Waals surface area contributed by atoms with Crippen molar-refractivity contribution in [3.63, 3.8) is 0 Å². The van der Waals surface area contributed by atoms with Crippen LogP contribution in [0, 0.1) is 10.1 Å². The number of hydrogen-bond donors (Lipinski definition) is 1. The molecule has 1 aromatic carbocycles. The summed E-state index contributed by atoms with van der Waals surface area (Å²) in [5.41, 5.74) is 7.47. The lowest BCUT2D eigenvalue weighted by atomic mass is 10.0. The van der Waals surface area contributed by atoms with Crippen molar-refractivity contribution in [2.24, 2.45) is 0 Å². The maximum Gasteiger partial charge on any atom is 0.288 e. The molecule has 7 heteroatoms. The minimum atomic E-state index is -0.372. The molecule has 1 aromatic heterocycles. The second-order valence-corrected chi connectivity index (χ2v) is 6.16. The predicted octanol–water partition coefficient (Wildman–Crippen LogP) is 3.17. The number of nitro groups is 1. The zero-order chi connectivity index (χ0) is 14.3. The summed E-state index contributed by atoms with van der Waals surface area (Å²) < 4.78 is 0.572. The highest BCUT2D eigenvalue weighted by Gasteiger charge is 2.25. The van der Waals surface area contributed by atoms with Gasteiger partial charge in [-0.15, -0.1) is 0 Å². The maximum atomic E-state index is 11.1. The lowest BCUT2D eigenvalue weighted by Crippen LogP contribution is -2.37. The summed E-state index contributed by atoms with van der Waals surface area (Å²) in [7, 11) is 0. The third-order valence-corrected chi connectivity index (χ3v) is 4.73. The molecule has 2 N–H and O–H groups in total. The molecule has 1 saturated heterocycles. The topological polar surface area (TPSA) is 85.3 Å². The number of nitrogens with two attached hydrogens (primary N) is 1. The van der Waals surface area contributed by atoms with Gasteiger partial charge in [-0.2, -0.15) is 0 Å². The van der Waals surface area contributed by atoms with Crippen LogP contribution in [0.25, 0.3) is 10.2 Å². The fraction of sp³-hybridized carbons (Fsp3) is 0.462. The molecule has 3 rings (SSSR count). The van der Waals surface area contributed by atoms with Gasteiger partial charge >= 0.3 is 0 Å². The van der Waals surface area contributed by atoms with Crippen molar-refractivity contribution in [2.75, 3.05) is 17.2 Å². The van der Waals surface area contributed by atoms with E-state index in [1.165, 1.54) is 17.8 Å². The molecule has 0 spiro atoms. The quantitative estimate of drug-likeness (QED) is 0.678. The molecule has 2 aromatic rings. The van der Waals surface area contributed by atoms with E-state index < -0.39 is 0 Å². The summed E-state index contributed by atoms with van der Waals surface area (Å²) in [6.45, 7) is 3.15. The predicted molar refractivity (Wildman–Crippen MR) is 81.3 cm³/mol. The van der Waals surface area contributed by atoms with E-state index in [-0.39, 0.29) is 10.6 Å². The molecule has 0 bridgehead atoms. The largest absolute Gasteiger partial charge is 0.375 e. The first kappa shape index (κ1) is 13.1. The number of piperidine rings is 1. The van der Waals surface area contributed by atoms with Crippen molar-refractivity contribution in [1.82, 2.24) is 4.98 Å². The molecule has 0 amide bonds. The molecule has 0 saturated carbocycles. The average molecular weight is 292 g/mol. The summed E-state index contributed by atoms with van der Waals surface area (Å²) >= 11 is 1.18. The van der Waals surface area contributed by atoms with Gasteiger partial charge in [0.15, 0.2) is 5.13 Å². The molecule has 20 heavy (non-hydrogen) atoms. The number of nitrogens with zero attached hydrogens (tertiary/aromatic N) is 3. The first-order chi connectivity index (χ1) is 9.58. The average Bonchev–Trinajstić information content (AvgIpc) is 2.79. The number of rotatable bonds is 2. The smallest absolute Gasteiger partial charge is 0.288 e. The number of aromatic nitrogens is 1. The Kier molecular flexibility index (Phi) is 3.21. The van der Waals surface area contributed by atoms with Crippen molar-refractivity contribution in [3.8, 4) is 0 Å². The number of benzene rings is 1. The highest BCUT2D eigenvalue weighted by molar-refractivity contribution is 7.22. The Hall–Kier alpha value is -1.89. The molecular formula is C13H16N4O2S. The Balaban J connectivity index is 2.17. The number of nitro benzene ring substituents is 1. The second-order valence-electron chi connectivity index (χ2n) is 5.13. The van der Waals surface area contributed by atoms with E-state index in [0.717, 1.165) is 25.1 Å². The van der Waals surface area contributed by atoms with Crippen molar-refractivity contribution in [1.29, 1.82) is 0 Å². The van der Waals surface area contributed by atoms with Gasteiger partial charge in [0.2, 0.25) is 0 Å². The summed E-state index contributed by atoms with van der Waals surface area (Å²) in [5.74, 6) is 0. The van der Waals surface area contributed by atoms with Gasteiger partial charge in [0.05, 0.1) is 10.6 Å². The molecule has 0 radical (unpaired) electrons. The zero-order valence-electron chi connectivity index (χ0n) is 11.2. The van der Waals surface area contributed by atoms with E-state index in [9.17, 15) is 10.1 Å². The maximum absolute atomic E-state index is 11.1. The van der Waals surface area contributed by atoms with Crippen molar-refractivity contribution in [2.45, 2.75) is 32.2 Å². The summed E-state index contributed by atoms with van der Waals surface area (Å²) in [4.78, 5) is 17.3. The molecule has 2 heterocycles. The van der Waals surface area contributed by atoms with E-state index in [4.69, 9.17) is 5.73 Å². The van der Waals surface area contributed by atoms with Crippen LogP contribution < -0.4 is 10.6 Å². The third kappa shape index (κ3) is 2.07. The Morgan fingerprint density at radius 3 is 3.00 bits per heavy atom. The highest BCUT2D eigenvalue weighted by atomic mass is 32.1. The van der Waals surface area contributed by atoms with E-state index in [1.54, 1.807) is 12.1 Å². The molecule has 0 aliphatic carbocycles. The van der Waals surface area contributed by atoms with Crippen LogP contribution >= 0.6 is 11.3 Å². The number of fused-ring (bicyclic) bond motifs is 1. The van der Waals surface area contributed by atoms with Gasteiger partial charge in [0, 0.05) is 18.7 Å². The number of hydrogen-bond acceptors (Lipinski definition) is 6. The summed E-state index contributed by atoms with van der Waals surface area (Å²) in [6.07, 6.45) is 3.51. The van der Waals surface area contributed by atoms with E-state index in [2.05, 4.69) is 16.8 Å². The molecule has 1 aliphatic heterocycles. The molecule has 1 aliphatic rings. The van der Waals surface area contributed by atoms with E-state index in [1.807, 2.05) is 0 Å². The van der Waals surface area contributed by atoms with Crippen LogP contribution in [0.3, 0.4) is 0 Å². The Morgan fingerprint density at radius 1 is 1.50 bits per heavy atom. The van der Waals surface area contributed by atoms with Crippen LogP contribution in [-0.4, -0.2) is 22.5 Å². The van der Waals surface area contributed by atoms with Crippen LogP contribution in [0.5, 0.6) is 0 Å². The normalized spacial score (nSPS) is 19.4. The lowest BCUT2D eigenvalue weighted by Gasteiger charge is -2.35. The standard InChI is InChI=1S/C13H16N4O2S/c1-8-4-2-3-7-16(8)9-5-6-10(17(18)19)12-11(9)15-13(14)20-12/h5-6,8H,2-4,7H2,1H3,(H2,14,15). The van der Waals surface area contributed by atoms with Crippen LogP contribution in [0.1, 0.15) is 26.2 Å². The van der Waals surface area contributed by atoms with Crippen molar-refractivity contribution >= 4 is 38.1 Å². The molecule has 1 fully saturated rings. The third-order valence-electron chi connectivity index (χ3n) is 3.83. The number of nitrogen functional groups attached to an aromatic ring is 1. The fourth-order valence-electron chi connectivity index (χ4n) is 2.83. The number of anilines is 2. The highest BCUT2D eigenvalue weighted by Crippen LogP contribution is 2.39. The monoisotopic (exact) mass is 292 g/mol. The van der Waals surface area contributed by atoms with Crippen LogP contribution in [0.2, 0.25) is 0 Å². The van der Waals surface area contributed by atoms with Gasteiger partial charge in [-0.3, -0.25) is 10.1 Å². The van der Waals surface area contributed by atoms with E-state index in [0.29, 0.717) is 21.4 Å². The van der Waals surface area contributed by atoms with Gasteiger partial charge in [-0.25, -0.2) is 4.98 Å². The molecule has 1 unspecified atom stereocenters. The van der Waals surface area contributed by atoms with Crippen LogP contribution in [0.15, 0.2) is 12.1 Å². The number of thiazole rings is 1. The number of non-ortho nitro benzene ring substituents is 1. The van der Waals surface area contributed by atoms with Crippen molar-refractivity contribution < 1.29 is 4.92 Å². The lowest BCUT2D eigenvalue weighted by molar-refractivity contribution is -0.382. The molecule has 6 nitrogen and oxygen atoms in total. The Labute approximate surface area is 120 Å². The summed E-state index contributed by atoms with van der Waals surface area (Å²) in [6, 6.07) is 3.80. The molecular weight excluding hydrogens is 276 g/mol. The van der Waals surface area contributed by atoms with E-state index >= 15 is 0 Å². The minimum Gasteiger partial charge on any atom is -0.375 e. The molecule has 1 atom stereocenters. The fourth-order valence-corrected chi connectivity index (χ4v) is 3.67. The first-order valence-corrected chi connectivity index (χ1v) is 7.49. The van der Waals surface area contributed by atoms with Crippen LogP contribution in [0.4, 0.5) is 16.5 Å². The molecule has 106 valence electrons. The van der Waals surface area contributed by atoms with Gasteiger partial charge in [-0.1, -0.05) is 11.3 Å². The Bertz CT molecular complexity index is 670. The van der Waals surface area contributed by atoms with Gasteiger partial charge < -0.3 is 10.6 Å². The van der Waals surface area contributed by atoms with Crippen LogP contribution in [-0.2, 0) is 0 Å².